The van der Waals surface area contributed by atoms with Crippen LogP contribution in [0.3, 0.4) is 0 Å². The average Bonchev–Trinajstić information content (AvgIpc) is 3.33. The molecule has 2 aliphatic heterocycles. The van der Waals surface area contributed by atoms with Gasteiger partial charge in [-0.1, -0.05) is 23.7 Å². The fourth-order valence-corrected chi connectivity index (χ4v) is 4.40. The first kappa shape index (κ1) is 24.5. The topological polar surface area (TPSA) is 74.9 Å². The number of carbonyl (C=O) groups is 1. The van der Waals surface area contributed by atoms with Gasteiger partial charge >= 0.3 is 12.5 Å². The van der Waals surface area contributed by atoms with Crippen LogP contribution < -0.4 is 4.90 Å². The van der Waals surface area contributed by atoms with Crippen molar-refractivity contribution in [3.63, 3.8) is 0 Å². The molecule has 0 N–H and O–H groups in total. The number of ether oxygens (including phenoxy) is 1. The Balaban J connectivity index is 1.36. The molecule has 190 valence electrons. The van der Waals surface area contributed by atoms with Gasteiger partial charge < -0.3 is 14.1 Å². The molecule has 2 aliphatic rings. The lowest BCUT2D eigenvalue weighted by Gasteiger charge is -2.43. The van der Waals surface area contributed by atoms with Crippen LogP contribution in [-0.4, -0.2) is 71.5 Å². The third kappa shape index (κ3) is 5.18. The van der Waals surface area contributed by atoms with Crippen molar-refractivity contribution >= 4 is 23.3 Å². The second-order valence-electron chi connectivity index (χ2n) is 8.62. The highest BCUT2D eigenvalue weighted by Gasteiger charge is 2.32. The summed E-state index contributed by atoms with van der Waals surface area (Å²) in [5.41, 5.74) is 0.919. The number of anilines is 1. The number of carbonyl (C=O) groups excluding carboxylic acids is 1. The normalized spacial score (nSPS) is 16.9. The quantitative estimate of drug-likeness (QED) is 0.471. The minimum atomic E-state index is -2.92. The number of urea groups is 1. The van der Waals surface area contributed by atoms with Crippen LogP contribution in [0.5, 0.6) is 0 Å². The molecule has 2 amide bonds. The van der Waals surface area contributed by atoms with Gasteiger partial charge in [-0.3, -0.25) is 9.80 Å². The van der Waals surface area contributed by atoms with Gasteiger partial charge in [0.15, 0.2) is 0 Å². The molecule has 8 nitrogen and oxygen atoms in total. The van der Waals surface area contributed by atoms with Crippen LogP contribution >= 0.6 is 11.6 Å². The molecule has 2 aromatic carbocycles. The molecule has 2 fully saturated rings. The summed E-state index contributed by atoms with van der Waals surface area (Å²) in [6.07, 6.45) is -2.92. The maximum absolute atomic E-state index is 15.1. The van der Waals surface area contributed by atoms with Crippen molar-refractivity contribution in [3.05, 3.63) is 64.8 Å². The SMILES string of the molecule is O=C(N1CCN(C2COC2)CC1)N(Cc1ccc(-c2nnc(C(F)F)o2)cc1F)c1cccc(Cl)c1. The molecule has 0 aliphatic carbocycles. The first-order chi connectivity index (χ1) is 17.4. The van der Waals surface area contributed by atoms with E-state index in [0.29, 0.717) is 43.1 Å². The van der Waals surface area contributed by atoms with Crippen LogP contribution in [0.25, 0.3) is 11.5 Å². The van der Waals surface area contributed by atoms with Crippen LogP contribution in [0, 0.1) is 5.82 Å². The molecule has 5 rings (SSSR count). The molecule has 0 atom stereocenters. The number of aromatic nitrogens is 2. The number of nitrogens with zero attached hydrogens (tertiary/aromatic N) is 5. The van der Waals surface area contributed by atoms with E-state index in [1.54, 1.807) is 29.2 Å². The van der Waals surface area contributed by atoms with Gasteiger partial charge in [0.05, 0.1) is 25.8 Å². The maximum atomic E-state index is 15.1. The summed E-state index contributed by atoms with van der Waals surface area (Å²) in [5, 5.41) is 7.27. The van der Waals surface area contributed by atoms with Crippen molar-refractivity contribution in [2.45, 2.75) is 19.0 Å². The minimum Gasteiger partial charge on any atom is -0.415 e. The predicted octanol–water partition coefficient (Wildman–Crippen LogP) is 4.61. The molecule has 0 unspecified atom stereocenters. The van der Waals surface area contributed by atoms with Crippen LogP contribution in [-0.2, 0) is 11.3 Å². The molecular formula is C24H23ClF3N5O3. The van der Waals surface area contributed by atoms with Crippen molar-refractivity contribution in [1.82, 2.24) is 20.0 Å². The lowest BCUT2D eigenvalue weighted by molar-refractivity contribution is -0.0738. The van der Waals surface area contributed by atoms with Crippen LogP contribution in [0.15, 0.2) is 46.9 Å². The Hall–Kier alpha value is -3.15. The number of alkyl halides is 2. The summed E-state index contributed by atoms with van der Waals surface area (Å²) in [6, 6.07) is 11.0. The van der Waals surface area contributed by atoms with Crippen molar-refractivity contribution in [2.75, 3.05) is 44.3 Å². The molecule has 2 saturated heterocycles. The van der Waals surface area contributed by atoms with E-state index in [0.717, 1.165) is 19.2 Å². The number of hydrogen-bond donors (Lipinski definition) is 0. The Kier molecular flexibility index (Phi) is 7.13. The summed E-state index contributed by atoms with van der Waals surface area (Å²) < 4.78 is 50.8. The zero-order chi connectivity index (χ0) is 25.2. The molecule has 0 saturated carbocycles. The summed E-state index contributed by atoms with van der Waals surface area (Å²) in [5.74, 6) is -1.69. The number of hydrogen-bond acceptors (Lipinski definition) is 6. The smallest absolute Gasteiger partial charge is 0.324 e. The van der Waals surface area contributed by atoms with Crippen molar-refractivity contribution < 1.29 is 27.1 Å². The van der Waals surface area contributed by atoms with Gasteiger partial charge in [0.1, 0.15) is 5.82 Å². The van der Waals surface area contributed by atoms with E-state index in [9.17, 15) is 13.6 Å². The maximum Gasteiger partial charge on any atom is 0.324 e. The second kappa shape index (κ2) is 10.5. The van der Waals surface area contributed by atoms with Crippen molar-refractivity contribution in [1.29, 1.82) is 0 Å². The first-order valence-electron chi connectivity index (χ1n) is 11.4. The lowest BCUT2D eigenvalue weighted by atomic mass is 10.1. The molecule has 3 aromatic rings. The van der Waals surface area contributed by atoms with Gasteiger partial charge in [-0.2, -0.15) is 8.78 Å². The number of piperazine rings is 1. The summed E-state index contributed by atoms with van der Waals surface area (Å²) in [4.78, 5) is 19.1. The van der Waals surface area contributed by atoms with E-state index in [1.165, 1.54) is 17.0 Å². The van der Waals surface area contributed by atoms with Gasteiger partial charge in [-0.15, -0.1) is 10.2 Å². The van der Waals surface area contributed by atoms with Gasteiger partial charge in [0.2, 0.25) is 5.89 Å². The molecule has 0 spiro atoms. The second-order valence-corrected chi connectivity index (χ2v) is 9.05. The molecule has 3 heterocycles. The fourth-order valence-electron chi connectivity index (χ4n) is 4.21. The third-order valence-electron chi connectivity index (χ3n) is 6.33. The summed E-state index contributed by atoms with van der Waals surface area (Å²) >= 11 is 6.18. The standard InChI is InChI=1S/C24H23ClF3N5O3/c25-17-2-1-3-18(11-17)33(24(34)32-8-6-31(7-9-32)19-13-35-14-19)12-16-5-4-15(10-20(16)26)22-29-30-23(36-22)21(27)28/h1-5,10-11,19,21H,6-9,12-14H2. The molecular weight excluding hydrogens is 499 g/mol. The number of halogens is 4. The molecule has 0 bridgehead atoms. The molecule has 12 heteroatoms. The Morgan fingerprint density at radius 2 is 1.89 bits per heavy atom. The van der Waals surface area contributed by atoms with E-state index in [1.807, 2.05) is 0 Å². The number of rotatable bonds is 6. The zero-order valence-corrected chi connectivity index (χ0v) is 19.9. The van der Waals surface area contributed by atoms with Crippen molar-refractivity contribution in [2.24, 2.45) is 0 Å². The molecule has 0 radical (unpaired) electrons. The largest absolute Gasteiger partial charge is 0.415 e. The van der Waals surface area contributed by atoms with E-state index >= 15 is 4.39 Å². The molecule has 1 aromatic heterocycles. The van der Waals surface area contributed by atoms with Crippen LogP contribution in [0.1, 0.15) is 17.9 Å². The Bertz CT molecular complexity index is 1230. The van der Waals surface area contributed by atoms with Crippen LogP contribution in [0.4, 0.5) is 23.7 Å². The highest BCUT2D eigenvalue weighted by atomic mass is 35.5. The summed E-state index contributed by atoms with van der Waals surface area (Å²) in [6.45, 7) is 3.91. The Labute approximate surface area is 210 Å². The highest BCUT2D eigenvalue weighted by molar-refractivity contribution is 6.30. The monoisotopic (exact) mass is 521 g/mol. The van der Waals surface area contributed by atoms with Crippen molar-refractivity contribution in [3.8, 4) is 11.5 Å². The Morgan fingerprint density at radius 3 is 2.50 bits per heavy atom. The minimum absolute atomic E-state index is 0.0614. The van der Waals surface area contributed by atoms with E-state index in [2.05, 4.69) is 15.1 Å². The predicted molar refractivity (Wildman–Crippen MR) is 125 cm³/mol. The number of benzene rings is 2. The van der Waals surface area contributed by atoms with Gasteiger partial charge in [-0.05, 0) is 30.3 Å². The average molecular weight is 522 g/mol. The van der Waals surface area contributed by atoms with E-state index in [-0.39, 0.29) is 29.6 Å². The molecule has 36 heavy (non-hydrogen) atoms. The first-order valence-corrected chi connectivity index (χ1v) is 11.8. The Morgan fingerprint density at radius 1 is 1.11 bits per heavy atom. The highest BCUT2D eigenvalue weighted by Crippen LogP contribution is 2.28. The lowest BCUT2D eigenvalue weighted by Crippen LogP contribution is -2.59. The van der Waals surface area contributed by atoms with Gasteiger partial charge in [0.25, 0.3) is 5.89 Å². The summed E-state index contributed by atoms with van der Waals surface area (Å²) in [7, 11) is 0. The van der Waals surface area contributed by atoms with Gasteiger partial charge in [-0.25, -0.2) is 9.18 Å². The van der Waals surface area contributed by atoms with E-state index < -0.39 is 18.1 Å². The zero-order valence-electron chi connectivity index (χ0n) is 19.1. The van der Waals surface area contributed by atoms with Gasteiger partial charge in [0, 0.05) is 48.0 Å². The van der Waals surface area contributed by atoms with Crippen LogP contribution in [0.2, 0.25) is 5.02 Å². The number of amides is 2. The fraction of sp³-hybridized carbons (Fsp3) is 0.375. The third-order valence-corrected chi connectivity index (χ3v) is 6.56. The van der Waals surface area contributed by atoms with E-state index in [4.69, 9.17) is 20.8 Å².